The molecule has 18 heavy (non-hydrogen) atoms. The van der Waals surface area contributed by atoms with Crippen molar-refractivity contribution in [3.05, 3.63) is 29.3 Å². The molecule has 0 bridgehead atoms. The maximum absolute atomic E-state index is 12.7. The number of hydrogen-bond acceptors (Lipinski definition) is 2. The van der Waals surface area contributed by atoms with Crippen LogP contribution in [0.15, 0.2) is 18.2 Å². The third-order valence-electron chi connectivity index (χ3n) is 2.61. The summed E-state index contributed by atoms with van der Waals surface area (Å²) in [7, 11) is 0. The molecule has 0 aliphatic rings. The fourth-order valence-corrected chi connectivity index (χ4v) is 1.50. The fraction of sp³-hybridized carbons (Fsp3) is 0.500. The van der Waals surface area contributed by atoms with E-state index >= 15 is 0 Å². The highest BCUT2D eigenvalue weighted by atomic mass is 19.3. The predicted molar refractivity (Wildman–Crippen MR) is 60.2 cm³/mol. The molecule has 1 rings (SSSR count). The van der Waals surface area contributed by atoms with E-state index in [2.05, 4.69) is 5.32 Å². The number of benzene rings is 1. The van der Waals surface area contributed by atoms with Crippen molar-refractivity contribution in [1.29, 1.82) is 0 Å². The molecule has 1 aromatic carbocycles. The summed E-state index contributed by atoms with van der Waals surface area (Å²) < 4.78 is 49.4. The van der Waals surface area contributed by atoms with Gasteiger partial charge in [-0.05, 0) is 19.9 Å². The van der Waals surface area contributed by atoms with Crippen molar-refractivity contribution in [3.8, 4) is 5.75 Å². The van der Waals surface area contributed by atoms with E-state index in [1.54, 1.807) is 19.1 Å². The molecule has 2 nitrogen and oxygen atoms in total. The maximum Gasteiger partial charge on any atom is 0.319 e. The van der Waals surface area contributed by atoms with Crippen LogP contribution in [-0.2, 0) is 0 Å². The van der Waals surface area contributed by atoms with Gasteiger partial charge >= 0.3 is 12.3 Å². The van der Waals surface area contributed by atoms with Crippen molar-refractivity contribution in [2.45, 2.75) is 32.2 Å². The van der Waals surface area contributed by atoms with Crippen LogP contribution in [0.2, 0.25) is 0 Å². The quantitative estimate of drug-likeness (QED) is 0.801. The van der Waals surface area contributed by atoms with Gasteiger partial charge in [-0.1, -0.05) is 17.7 Å². The number of hydrogen-bond donors (Lipinski definition) is 2. The third kappa shape index (κ3) is 3.60. The summed E-state index contributed by atoms with van der Waals surface area (Å²) in [5, 5.41) is 11.9. The van der Waals surface area contributed by atoms with Gasteiger partial charge in [0.25, 0.3) is 0 Å². The van der Waals surface area contributed by atoms with Gasteiger partial charge in [-0.3, -0.25) is 0 Å². The highest BCUT2D eigenvalue weighted by Gasteiger charge is 2.40. The Morgan fingerprint density at radius 2 is 1.94 bits per heavy atom. The normalized spacial score (nSPS) is 13.9. The molecule has 1 atom stereocenters. The van der Waals surface area contributed by atoms with Gasteiger partial charge in [0.1, 0.15) is 5.75 Å². The van der Waals surface area contributed by atoms with E-state index in [-0.39, 0.29) is 5.75 Å². The molecule has 0 amide bonds. The van der Waals surface area contributed by atoms with Gasteiger partial charge in [0.05, 0.1) is 6.54 Å². The molecule has 102 valence electrons. The van der Waals surface area contributed by atoms with Crippen molar-refractivity contribution >= 4 is 0 Å². The number of rotatable bonds is 5. The molecule has 0 aromatic heterocycles. The van der Waals surface area contributed by atoms with Crippen LogP contribution in [0, 0.1) is 6.92 Å². The van der Waals surface area contributed by atoms with E-state index in [4.69, 9.17) is 0 Å². The van der Waals surface area contributed by atoms with Crippen LogP contribution in [0.3, 0.4) is 0 Å². The van der Waals surface area contributed by atoms with Gasteiger partial charge in [0.15, 0.2) is 0 Å². The molecule has 0 fully saturated rings. The van der Waals surface area contributed by atoms with Crippen LogP contribution in [0.5, 0.6) is 5.75 Å². The molecular formula is C12H15F4NO. The number of phenolic OH excluding ortho intramolecular Hbond substituents is 1. The second-order valence-corrected chi connectivity index (χ2v) is 4.23. The lowest BCUT2D eigenvalue weighted by atomic mass is 10.0. The largest absolute Gasteiger partial charge is 0.508 e. The van der Waals surface area contributed by atoms with E-state index in [1.807, 2.05) is 0 Å². The zero-order valence-electron chi connectivity index (χ0n) is 10.1. The number of halogens is 4. The second-order valence-electron chi connectivity index (χ2n) is 4.23. The first-order chi connectivity index (χ1) is 8.24. The van der Waals surface area contributed by atoms with Crippen molar-refractivity contribution < 1.29 is 22.7 Å². The number of phenols is 1. The summed E-state index contributed by atoms with van der Waals surface area (Å²) in [6.45, 7) is 2.17. The zero-order valence-corrected chi connectivity index (χ0v) is 10.1. The Labute approximate surface area is 103 Å². The van der Waals surface area contributed by atoms with Crippen molar-refractivity contribution in [1.82, 2.24) is 5.32 Å². The minimum Gasteiger partial charge on any atom is -0.508 e. The molecule has 2 N–H and O–H groups in total. The van der Waals surface area contributed by atoms with Crippen LogP contribution < -0.4 is 5.32 Å². The standard InChI is InChI=1S/C12H15F4NO/c1-7-3-4-10(18)9(5-7)8(2)17-6-12(15,16)11(13)14/h3-5,8,11,17-18H,6H2,1-2H3. The number of aryl methyl sites for hydroxylation is 1. The Morgan fingerprint density at radius 1 is 1.33 bits per heavy atom. The summed E-state index contributed by atoms with van der Waals surface area (Å²) in [6.07, 6.45) is -3.71. The van der Waals surface area contributed by atoms with Gasteiger partial charge in [-0.25, -0.2) is 8.78 Å². The topological polar surface area (TPSA) is 32.3 Å². The average Bonchev–Trinajstić information content (AvgIpc) is 2.29. The lowest BCUT2D eigenvalue weighted by Crippen LogP contribution is -2.39. The molecule has 0 aliphatic carbocycles. The average molecular weight is 265 g/mol. The van der Waals surface area contributed by atoms with Crippen LogP contribution in [0.25, 0.3) is 0 Å². The Hall–Kier alpha value is -1.30. The third-order valence-corrected chi connectivity index (χ3v) is 2.61. The van der Waals surface area contributed by atoms with E-state index in [0.29, 0.717) is 5.56 Å². The van der Waals surface area contributed by atoms with Crippen molar-refractivity contribution in [3.63, 3.8) is 0 Å². The molecule has 0 heterocycles. The predicted octanol–water partition coefficient (Wildman–Crippen LogP) is 3.25. The van der Waals surface area contributed by atoms with E-state index in [1.165, 1.54) is 13.0 Å². The number of nitrogens with one attached hydrogen (secondary N) is 1. The van der Waals surface area contributed by atoms with E-state index in [0.717, 1.165) is 5.56 Å². The summed E-state index contributed by atoms with van der Waals surface area (Å²) >= 11 is 0. The monoisotopic (exact) mass is 265 g/mol. The molecule has 6 heteroatoms. The van der Waals surface area contributed by atoms with E-state index < -0.39 is 24.9 Å². The fourth-order valence-electron chi connectivity index (χ4n) is 1.50. The molecule has 0 saturated carbocycles. The molecular weight excluding hydrogens is 250 g/mol. The summed E-state index contributed by atoms with van der Waals surface area (Å²) in [4.78, 5) is 0. The van der Waals surface area contributed by atoms with Crippen LogP contribution in [0.1, 0.15) is 24.1 Å². The Kier molecular flexibility index (Phi) is 4.56. The summed E-state index contributed by atoms with van der Waals surface area (Å²) in [5.74, 6) is -4.13. The first-order valence-electron chi connectivity index (χ1n) is 5.43. The van der Waals surface area contributed by atoms with E-state index in [9.17, 15) is 22.7 Å². The lowest BCUT2D eigenvalue weighted by Gasteiger charge is -2.20. The molecule has 0 spiro atoms. The Morgan fingerprint density at radius 3 is 2.50 bits per heavy atom. The molecule has 1 unspecified atom stereocenters. The Bertz CT molecular complexity index is 409. The first-order valence-corrected chi connectivity index (χ1v) is 5.43. The highest BCUT2D eigenvalue weighted by molar-refractivity contribution is 5.37. The first kappa shape index (κ1) is 14.8. The SMILES string of the molecule is Cc1ccc(O)c(C(C)NCC(F)(F)C(F)F)c1. The second kappa shape index (κ2) is 5.56. The van der Waals surface area contributed by atoms with Crippen LogP contribution in [0.4, 0.5) is 17.6 Å². The molecule has 1 aromatic rings. The van der Waals surface area contributed by atoms with Crippen LogP contribution in [-0.4, -0.2) is 24.0 Å². The van der Waals surface area contributed by atoms with Crippen LogP contribution >= 0.6 is 0 Å². The number of alkyl halides is 4. The molecule has 0 aliphatic heterocycles. The molecule has 0 saturated heterocycles. The Balaban J connectivity index is 2.71. The lowest BCUT2D eigenvalue weighted by molar-refractivity contribution is -0.126. The maximum atomic E-state index is 12.7. The van der Waals surface area contributed by atoms with Crippen molar-refractivity contribution in [2.75, 3.05) is 6.54 Å². The van der Waals surface area contributed by atoms with Gasteiger partial charge < -0.3 is 10.4 Å². The smallest absolute Gasteiger partial charge is 0.319 e. The summed E-state index contributed by atoms with van der Waals surface area (Å²) in [5.41, 5.74) is 1.25. The minimum atomic E-state index is -4.08. The molecule has 0 radical (unpaired) electrons. The van der Waals surface area contributed by atoms with Gasteiger partial charge in [-0.2, -0.15) is 8.78 Å². The van der Waals surface area contributed by atoms with Gasteiger partial charge in [0, 0.05) is 11.6 Å². The minimum absolute atomic E-state index is 0.0547. The van der Waals surface area contributed by atoms with Crippen molar-refractivity contribution in [2.24, 2.45) is 0 Å². The zero-order chi connectivity index (χ0) is 13.9. The van der Waals surface area contributed by atoms with Gasteiger partial charge in [0.2, 0.25) is 0 Å². The highest BCUT2D eigenvalue weighted by Crippen LogP contribution is 2.27. The van der Waals surface area contributed by atoms with Gasteiger partial charge in [-0.15, -0.1) is 0 Å². The number of aromatic hydroxyl groups is 1. The summed E-state index contributed by atoms with van der Waals surface area (Å²) in [6, 6.07) is 4.08.